The Balaban J connectivity index is 1.97. The third-order valence-corrected chi connectivity index (χ3v) is 2.15. The predicted molar refractivity (Wildman–Crippen MR) is 46.8 cm³/mol. The van der Waals surface area contributed by atoms with E-state index >= 15 is 0 Å². The third kappa shape index (κ3) is 2.93. The number of benzene rings is 1. The Hall–Kier alpha value is -1.18. The Bertz CT molecular complexity index is 394. The van der Waals surface area contributed by atoms with Crippen molar-refractivity contribution in [1.82, 2.24) is 0 Å². The summed E-state index contributed by atoms with van der Waals surface area (Å²) in [6.07, 6.45) is -0.0889. The van der Waals surface area contributed by atoms with Gasteiger partial charge in [0.15, 0.2) is 23.3 Å². The molecule has 1 aromatic carbocycles. The maximum absolute atomic E-state index is 13.1. The van der Waals surface area contributed by atoms with Crippen molar-refractivity contribution in [3.63, 3.8) is 0 Å². The summed E-state index contributed by atoms with van der Waals surface area (Å²) in [5, 5.41) is 0. The topological polar surface area (TPSA) is 31.0 Å². The summed E-state index contributed by atoms with van der Waals surface area (Å²) in [6, 6.07) is 0.132. The summed E-state index contributed by atoms with van der Waals surface area (Å²) < 4.78 is 56.5. The molecule has 1 aliphatic heterocycles. The number of halogens is 4. The zero-order valence-corrected chi connectivity index (χ0v) is 8.51. The van der Waals surface area contributed by atoms with E-state index in [2.05, 4.69) is 9.78 Å². The molecule has 17 heavy (non-hydrogen) atoms. The molecular weight excluding hydrogens is 244 g/mol. The molecule has 1 aromatic rings. The molecule has 0 bridgehead atoms. The van der Waals surface area contributed by atoms with Crippen molar-refractivity contribution in [3.8, 4) is 0 Å². The van der Waals surface area contributed by atoms with Gasteiger partial charge in [-0.25, -0.2) is 27.3 Å². The van der Waals surface area contributed by atoms with Crippen LogP contribution in [0.5, 0.6) is 0 Å². The first-order chi connectivity index (χ1) is 8.09. The van der Waals surface area contributed by atoms with Gasteiger partial charge in [-0.05, 0) is 0 Å². The monoisotopic (exact) mass is 252 g/mol. The van der Waals surface area contributed by atoms with Crippen LogP contribution in [-0.2, 0) is 21.1 Å². The second-order valence-corrected chi connectivity index (χ2v) is 3.45. The molecule has 0 aromatic heterocycles. The highest BCUT2D eigenvalue weighted by Gasteiger charge is 2.24. The molecule has 1 unspecified atom stereocenters. The number of epoxide rings is 1. The fourth-order valence-corrected chi connectivity index (χ4v) is 1.14. The van der Waals surface area contributed by atoms with Gasteiger partial charge in [0, 0.05) is 6.07 Å². The van der Waals surface area contributed by atoms with Crippen LogP contribution < -0.4 is 0 Å². The van der Waals surface area contributed by atoms with Gasteiger partial charge in [0.2, 0.25) is 0 Å². The normalized spacial score (nSPS) is 18.5. The van der Waals surface area contributed by atoms with Crippen LogP contribution in [0.15, 0.2) is 6.07 Å². The molecule has 1 fully saturated rings. The number of ether oxygens (including phenoxy) is 1. The van der Waals surface area contributed by atoms with Crippen LogP contribution in [0.4, 0.5) is 17.6 Å². The van der Waals surface area contributed by atoms with Crippen molar-refractivity contribution in [2.45, 2.75) is 12.7 Å². The van der Waals surface area contributed by atoms with Crippen LogP contribution in [0.2, 0.25) is 0 Å². The molecule has 0 amide bonds. The number of hydrogen-bond donors (Lipinski definition) is 0. The Morgan fingerprint density at radius 3 is 2.24 bits per heavy atom. The van der Waals surface area contributed by atoms with Gasteiger partial charge in [0.05, 0.1) is 12.2 Å². The molecule has 1 saturated heterocycles. The van der Waals surface area contributed by atoms with E-state index in [1.54, 1.807) is 0 Å². The fourth-order valence-electron chi connectivity index (χ4n) is 1.14. The van der Waals surface area contributed by atoms with Gasteiger partial charge in [-0.3, -0.25) is 0 Å². The van der Waals surface area contributed by atoms with Crippen molar-refractivity contribution in [2.75, 3.05) is 13.2 Å². The van der Waals surface area contributed by atoms with E-state index in [1.165, 1.54) is 0 Å². The van der Waals surface area contributed by atoms with Gasteiger partial charge in [-0.1, -0.05) is 0 Å². The molecule has 3 nitrogen and oxygen atoms in total. The quantitative estimate of drug-likeness (QED) is 0.201. The smallest absolute Gasteiger partial charge is 0.167 e. The van der Waals surface area contributed by atoms with Crippen molar-refractivity contribution >= 4 is 0 Å². The maximum atomic E-state index is 13.1. The molecule has 7 heteroatoms. The lowest BCUT2D eigenvalue weighted by Crippen LogP contribution is -2.07. The number of rotatable bonds is 5. The summed E-state index contributed by atoms with van der Waals surface area (Å²) in [7, 11) is 0. The highest BCUT2D eigenvalue weighted by Crippen LogP contribution is 2.20. The summed E-state index contributed by atoms with van der Waals surface area (Å²) in [5.41, 5.74) is -0.848. The molecular formula is C10H8F4O3. The second-order valence-electron chi connectivity index (χ2n) is 3.45. The standard InChI is InChI=1S/C10H8F4O3/c11-7-1-8(12)10(14)6(9(7)13)4-17-16-3-5-2-15-5/h1,5H,2-4H2. The molecule has 0 radical (unpaired) electrons. The molecule has 1 heterocycles. The number of hydrogen-bond acceptors (Lipinski definition) is 3. The van der Waals surface area contributed by atoms with Crippen LogP contribution in [0.25, 0.3) is 0 Å². The van der Waals surface area contributed by atoms with E-state index in [0.717, 1.165) is 0 Å². The highest BCUT2D eigenvalue weighted by molar-refractivity contribution is 5.21. The molecule has 0 aliphatic carbocycles. The van der Waals surface area contributed by atoms with Gasteiger partial charge in [-0.15, -0.1) is 0 Å². The Morgan fingerprint density at radius 2 is 1.71 bits per heavy atom. The highest BCUT2D eigenvalue weighted by atomic mass is 19.2. The minimum absolute atomic E-state index is 0.0889. The van der Waals surface area contributed by atoms with Crippen molar-refractivity contribution < 1.29 is 32.1 Å². The molecule has 0 saturated carbocycles. The summed E-state index contributed by atoms with van der Waals surface area (Å²) in [6.45, 7) is -0.0965. The van der Waals surface area contributed by atoms with E-state index in [1.807, 2.05) is 0 Å². The van der Waals surface area contributed by atoms with E-state index < -0.39 is 35.4 Å². The zero-order chi connectivity index (χ0) is 12.4. The molecule has 0 spiro atoms. The Morgan fingerprint density at radius 1 is 1.12 bits per heavy atom. The first kappa shape index (κ1) is 12.3. The van der Waals surface area contributed by atoms with Crippen LogP contribution in [-0.4, -0.2) is 19.3 Å². The van der Waals surface area contributed by atoms with Crippen molar-refractivity contribution in [2.24, 2.45) is 0 Å². The van der Waals surface area contributed by atoms with Gasteiger partial charge in [-0.2, -0.15) is 0 Å². The summed E-state index contributed by atoms with van der Waals surface area (Å²) in [5.74, 6) is -5.94. The lowest BCUT2D eigenvalue weighted by atomic mass is 10.2. The van der Waals surface area contributed by atoms with Crippen molar-refractivity contribution in [3.05, 3.63) is 34.9 Å². The minimum atomic E-state index is -1.49. The van der Waals surface area contributed by atoms with E-state index in [4.69, 9.17) is 4.74 Å². The summed E-state index contributed by atoms with van der Waals surface area (Å²) >= 11 is 0. The van der Waals surface area contributed by atoms with E-state index in [-0.39, 0.29) is 18.8 Å². The first-order valence-electron chi connectivity index (χ1n) is 4.77. The molecule has 1 atom stereocenters. The Kier molecular flexibility index (Phi) is 3.60. The SMILES string of the molecule is Fc1cc(F)c(F)c(COOCC2CO2)c1F. The fraction of sp³-hybridized carbons (Fsp3) is 0.400. The van der Waals surface area contributed by atoms with Crippen LogP contribution in [0, 0.1) is 23.3 Å². The van der Waals surface area contributed by atoms with Crippen LogP contribution in [0.1, 0.15) is 5.56 Å². The largest absolute Gasteiger partial charge is 0.370 e. The minimum Gasteiger partial charge on any atom is -0.370 e. The second kappa shape index (κ2) is 4.99. The predicted octanol–water partition coefficient (Wildman–Crippen LogP) is 2.09. The lowest BCUT2D eigenvalue weighted by molar-refractivity contribution is -0.306. The molecule has 1 aliphatic rings. The van der Waals surface area contributed by atoms with Gasteiger partial charge >= 0.3 is 0 Å². The van der Waals surface area contributed by atoms with Gasteiger partial charge in [0.1, 0.15) is 19.3 Å². The Labute approximate surface area is 93.8 Å². The van der Waals surface area contributed by atoms with Crippen molar-refractivity contribution in [1.29, 1.82) is 0 Å². The first-order valence-corrected chi connectivity index (χ1v) is 4.77. The zero-order valence-electron chi connectivity index (χ0n) is 8.51. The average Bonchev–Trinajstić information content (AvgIpc) is 3.09. The summed E-state index contributed by atoms with van der Waals surface area (Å²) in [4.78, 5) is 9.00. The average molecular weight is 252 g/mol. The van der Waals surface area contributed by atoms with Crippen LogP contribution >= 0.6 is 0 Å². The third-order valence-electron chi connectivity index (χ3n) is 2.15. The molecule has 94 valence electrons. The maximum Gasteiger partial charge on any atom is 0.167 e. The van der Waals surface area contributed by atoms with Gasteiger partial charge < -0.3 is 4.74 Å². The van der Waals surface area contributed by atoms with E-state index in [0.29, 0.717) is 6.61 Å². The van der Waals surface area contributed by atoms with E-state index in [9.17, 15) is 17.6 Å². The van der Waals surface area contributed by atoms with Crippen LogP contribution in [0.3, 0.4) is 0 Å². The lowest BCUT2D eigenvalue weighted by Gasteiger charge is -2.06. The van der Waals surface area contributed by atoms with Gasteiger partial charge in [0.25, 0.3) is 0 Å². The molecule has 2 rings (SSSR count). The molecule has 0 N–H and O–H groups in total.